The molecule has 0 radical (unpaired) electrons. The molecule has 1 aliphatic heterocycles. The SMILES string of the molecule is CC(CNC(=O)c1ccc(N)c(Br)c1)N1CCCC1. The molecule has 104 valence electrons. The maximum atomic E-state index is 12.0. The number of nitrogen functional groups attached to an aromatic ring is 1. The summed E-state index contributed by atoms with van der Waals surface area (Å²) in [6.45, 7) is 5.13. The minimum absolute atomic E-state index is 0.0493. The van der Waals surface area contributed by atoms with Crippen LogP contribution in [0.2, 0.25) is 0 Å². The molecule has 0 spiro atoms. The Morgan fingerprint density at radius 1 is 1.47 bits per heavy atom. The van der Waals surface area contributed by atoms with Crippen LogP contribution < -0.4 is 11.1 Å². The molecule has 1 heterocycles. The van der Waals surface area contributed by atoms with Crippen molar-refractivity contribution < 1.29 is 4.79 Å². The van der Waals surface area contributed by atoms with Gasteiger partial charge in [-0.15, -0.1) is 0 Å². The first kappa shape index (κ1) is 14.3. The van der Waals surface area contributed by atoms with Gasteiger partial charge in [0.05, 0.1) is 0 Å². The fourth-order valence-electron chi connectivity index (χ4n) is 2.32. The number of likely N-dealkylation sites (tertiary alicyclic amines) is 1. The second-order valence-electron chi connectivity index (χ2n) is 5.04. The van der Waals surface area contributed by atoms with E-state index in [0.717, 1.165) is 17.6 Å². The summed E-state index contributed by atoms with van der Waals surface area (Å²) in [5, 5.41) is 2.98. The molecule has 5 heteroatoms. The lowest BCUT2D eigenvalue weighted by Crippen LogP contribution is -2.40. The van der Waals surface area contributed by atoms with Crippen molar-refractivity contribution in [1.82, 2.24) is 10.2 Å². The van der Waals surface area contributed by atoms with Gasteiger partial charge in [-0.05, 0) is 67.0 Å². The lowest BCUT2D eigenvalue weighted by atomic mass is 10.2. The van der Waals surface area contributed by atoms with Crippen molar-refractivity contribution in [2.45, 2.75) is 25.8 Å². The van der Waals surface area contributed by atoms with Crippen molar-refractivity contribution in [1.29, 1.82) is 0 Å². The predicted octanol–water partition coefficient (Wildman–Crippen LogP) is 2.25. The predicted molar refractivity (Wildman–Crippen MR) is 81.2 cm³/mol. The molecule has 2 rings (SSSR count). The molecule has 1 aliphatic rings. The molecule has 1 saturated heterocycles. The fraction of sp³-hybridized carbons (Fsp3) is 0.500. The Kier molecular flexibility index (Phi) is 4.82. The Hall–Kier alpha value is -1.07. The van der Waals surface area contributed by atoms with Gasteiger partial charge in [0.2, 0.25) is 0 Å². The number of amides is 1. The number of carbonyl (C=O) groups excluding carboxylic acids is 1. The number of halogens is 1. The molecule has 0 saturated carbocycles. The summed E-state index contributed by atoms with van der Waals surface area (Å²) < 4.78 is 0.757. The minimum atomic E-state index is -0.0493. The highest BCUT2D eigenvalue weighted by atomic mass is 79.9. The second kappa shape index (κ2) is 6.39. The van der Waals surface area contributed by atoms with Crippen molar-refractivity contribution >= 4 is 27.5 Å². The zero-order valence-corrected chi connectivity index (χ0v) is 12.7. The van der Waals surface area contributed by atoms with Crippen LogP contribution in [0.3, 0.4) is 0 Å². The van der Waals surface area contributed by atoms with Crippen LogP contribution in [-0.4, -0.2) is 36.5 Å². The van der Waals surface area contributed by atoms with Crippen LogP contribution in [0.1, 0.15) is 30.1 Å². The van der Waals surface area contributed by atoms with Gasteiger partial charge in [0, 0.05) is 28.3 Å². The molecule has 1 amide bonds. The Labute approximate surface area is 122 Å². The molecular formula is C14H20BrN3O. The molecule has 19 heavy (non-hydrogen) atoms. The summed E-state index contributed by atoms with van der Waals surface area (Å²) in [6, 6.07) is 5.63. The Balaban J connectivity index is 1.88. The van der Waals surface area contributed by atoms with Crippen LogP contribution >= 0.6 is 15.9 Å². The largest absolute Gasteiger partial charge is 0.398 e. The standard InChI is InChI=1S/C14H20BrN3O/c1-10(18-6-2-3-7-18)9-17-14(19)11-4-5-13(16)12(15)8-11/h4-5,8,10H,2-3,6-7,9,16H2,1H3,(H,17,19). The van der Waals surface area contributed by atoms with Crippen molar-refractivity contribution in [3.05, 3.63) is 28.2 Å². The number of carbonyl (C=O) groups is 1. The minimum Gasteiger partial charge on any atom is -0.398 e. The molecule has 3 N–H and O–H groups in total. The van der Waals surface area contributed by atoms with Crippen LogP contribution in [0.15, 0.2) is 22.7 Å². The molecule has 4 nitrogen and oxygen atoms in total. The van der Waals surface area contributed by atoms with Crippen LogP contribution in [0.5, 0.6) is 0 Å². The van der Waals surface area contributed by atoms with E-state index in [4.69, 9.17) is 5.73 Å². The summed E-state index contributed by atoms with van der Waals surface area (Å²) in [5.41, 5.74) is 6.98. The van der Waals surface area contributed by atoms with Gasteiger partial charge in [-0.3, -0.25) is 9.69 Å². The molecule has 1 atom stereocenters. The van der Waals surface area contributed by atoms with Crippen LogP contribution in [0.25, 0.3) is 0 Å². The zero-order chi connectivity index (χ0) is 13.8. The van der Waals surface area contributed by atoms with Crippen molar-refractivity contribution in [3.8, 4) is 0 Å². The van der Waals surface area contributed by atoms with E-state index in [1.807, 2.05) is 0 Å². The van der Waals surface area contributed by atoms with Gasteiger partial charge in [-0.1, -0.05) is 0 Å². The summed E-state index contributed by atoms with van der Waals surface area (Å²) in [6.07, 6.45) is 2.53. The van der Waals surface area contributed by atoms with Crippen LogP contribution in [0, 0.1) is 0 Å². The number of anilines is 1. The lowest BCUT2D eigenvalue weighted by Gasteiger charge is -2.23. The van der Waals surface area contributed by atoms with E-state index in [0.29, 0.717) is 23.8 Å². The highest BCUT2D eigenvalue weighted by Gasteiger charge is 2.18. The molecule has 0 aromatic heterocycles. The van der Waals surface area contributed by atoms with E-state index in [2.05, 4.69) is 33.1 Å². The van der Waals surface area contributed by atoms with Gasteiger partial charge in [0.25, 0.3) is 5.91 Å². The molecule has 1 unspecified atom stereocenters. The maximum Gasteiger partial charge on any atom is 0.251 e. The molecular weight excluding hydrogens is 306 g/mol. The zero-order valence-electron chi connectivity index (χ0n) is 11.2. The number of rotatable bonds is 4. The van der Waals surface area contributed by atoms with Gasteiger partial charge in [0.1, 0.15) is 0 Å². The average molecular weight is 326 g/mol. The number of benzene rings is 1. The van der Waals surface area contributed by atoms with Gasteiger partial charge in [-0.2, -0.15) is 0 Å². The first-order valence-corrected chi connectivity index (χ1v) is 7.44. The van der Waals surface area contributed by atoms with E-state index < -0.39 is 0 Å². The Bertz CT molecular complexity index is 458. The second-order valence-corrected chi connectivity index (χ2v) is 5.89. The third kappa shape index (κ3) is 3.70. The van der Waals surface area contributed by atoms with E-state index in [1.165, 1.54) is 12.8 Å². The monoisotopic (exact) mass is 325 g/mol. The van der Waals surface area contributed by atoms with Gasteiger partial charge in [0.15, 0.2) is 0 Å². The lowest BCUT2D eigenvalue weighted by molar-refractivity contribution is 0.0940. The van der Waals surface area contributed by atoms with Crippen LogP contribution in [0.4, 0.5) is 5.69 Å². The maximum absolute atomic E-state index is 12.0. The third-order valence-corrected chi connectivity index (χ3v) is 4.27. The van der Waals surface area contributed by atoms with Crippen molar-refractivity contribution in [3.63, 3.8) is 0 Å². The first-order chi connectivity index (χ1) is 9.08. The number of nitrogens with zero attached hydrogens (tertiary/aromatic N) is 1. The van der Waals surface area contributed by atoms with E-state index >= 15 is 0 Å². The van der Waals surface area contributed by atoms with Crippen molar-refractivity contribution in [2.75, 3.05) is 25.4 Å². The quantitative estimate of drug-likeness (QED) is 0.835. The van der Waals surface area contributed by atoms with E-state index in [9.17, 15) is 4.79 Å². The number of nitrogens with one attached hydrogen (secondary N) is 1. The molecule has 0 bridgehead atoms. The Morgan fingerprint density at radius 3 is 2.79 bits per heavy atom. The van der Waals surface area contributed by atoms with E-state index in [-0.39, 0.29) is 5.91 Å². The van der Waals surface area contributed by atoms with Gasteiger partial charge >= 0.3 is 0 Å². The molecule has 1 aromatic rings. The smallest absolute Gasteiger partial charge is 0.251 e. The number of hydrogen-bond donors (Lipinski definition) is 2. The number of hydrogen-bond acceptors (Lipinski definition) is 3. The normalized spacial score (nSPS) is 17.4. The van der Waals surface area contributed by atoms with Crippen molar-refractivity contribution in [2.24, 2.45) is 0 Å². The molecule has 1 aromatic carbocycles. The van der Waals surface area contributed by atoms with Crippen LogP contribution in [-0.2, 0) is 0 Å². The fourth-order valence-corrected chi connectivity index (χ4v) is 2.70. The molecule has 0 aliphatic carbocycles. The van der Waals surface area contributed by atoms with E-state index in [1.54, 1.807) is 18.2 Å². The highest BCUT2D eigenvalue weighted by Crippen LogP contribution is 2.20. The molecule has 1 fully saturated rings. The number of nitrogens with two attached hydrogens (primary N) is 1. The third-order valence-electron chi connectivity index (χ3n) is 3.58. The average Bonchev–Trinajstić information content (AvgIpc) is 2.92. The van der Waals surface area contributed by atoms with Gasteiger partial charge < -0.3 is 11.1 Å². The Morgan fingerprint density at radius 2 is 2.16 bits per heavy atom. The summed E-state index contributed by atoms with van der Waals surface area (Å²) in [7, 11) is 0. The summed E-state index contributed by atoms with van der Waals surface area (Å²) in [5.74, 6) is -0.0493. The first-order valence-electron chi connectivity index (χ1n) is 6.65. The topological polar surface area (TPSA) is 58.4 Å². The van der Waals surface area contributed by atoms with Gasteiger partial charge in [-0.25, -0.2) is 0 Å². The summed E-state index contributed by atoms with van der Waals surface area (Å²) >= 11 is 3.34. The highest BCUT2D eigenvalue weighted by molar-refractivity contribution is 9.10. The summed E-state index contributed by atoms with van der Waals surface area (Å²) in [4.78, 5) is 14.5.